The lowest BCUT2D eigenvalue weighted by Gasteiger charge is -2.43. The molecule has 26 heavy (non-hydrogen) atoms. The molecule has 0 unspecified atom stereocenters. The van der Waals surface area contributed by atoms with Crippen LogP contribution in [0.1, 0.15) is 113 Å². The quantitative estimate of drug-likeness (QED) is 0.579. The predicted molar refractivity (Wildman–Crippen MR) is 107 cm³/mol. The fourth-order valence-corrected chi connectivity index (χ4v) is 5.71. The summed E-state index contributed by atoms with van der Waals surface area (Å²) in [5, 5.41) is 20.7. The largest absolute Gasteiger partial charge is 0.390 e. The van der Waals surface area contributed by atoms with Gasteiger partial charge >= 0.3 is 0 Å². The second kappa shape index (κ2) is 8.31. The summed E-state index contributed by atoms with van der Waals surface area (Å²) < 4.78 is 45.6. The topological polar surface area (TPSA) is 57.5 Å². The van der Waals surface area contributed by atoms with Crippen LogP contribution in [0.15, 0.2) is 0 Å². The van der Waals surface area contributed by atoms with Crippen LogP contribution in [-0.2, 0) is 4.79 Å². The SMILES string of the molecule is [2H]C([2H])([2H])C(O)(CCC[C@H](CCCC(C)(C)O)[C@H]1CC[C@H]2C(=O)CCC[C@]12C)C([2H])([2H])[2H]. The zero-order valence-corrected chi connectivity index (χ0v) is 16.8. The molecule has 3 nitrogen and oxygen atoms in total. The third-order valence-electron chi connectivity index (χ3n) is 6.98. The highest BCUT2D eigenvalue weighted by Gasteiger charge is 2.52. The van der Waals surface area contributed by atoms with E-state index >= 15 is 0 Å². The molecule has 2 rings (SSSR count). The van der Waals surface area contributed by atoms with E-state index in [-0.39, 0.29) is 23.7 Å². The van der Waals surface area contributed by atoms with Gasteiger partial charge in [0, 0.05) is 20.6 Å². The first-order chi connectivity index (χ1) is 14.4. The molecule has 0 spiro atoms. The Morgan fingerprint density at radius 3 is 2.35 bits per heavy atom. The second-order valence-corrected chi connectivity index (χ2v) is 9.78. The van der Waals surface area contributed by atoms with Gasteiger partial charge in [-0.2, -0.15) is 0 Å². The fourth-order valence-electron chi connectivity index (χ4n) is 5.71. The lowest BCUT2D eigenvalue weighted by molar-refractivity contribution is -0.130. The van der Waals surface area contributed by atoms with Crippen LogP contribution >= 0.6 is 0 Å². The molecule has 2 saturated carbocycles. The fraction of sp³-hybridized carbons (Fsp3) is 0.957. The number of ketones is 1. The third kappa shape index (κ3) is 5.79. The highest BCUT2D eigenvalue weighted by Crippen LogP contribution is 2.58. The average Bonchev–Trinajstić information content (AvgIpc) is 2.95. The van der Waals surface area contributed by atoms with E-state index in [1.165, 1.54) is 0 Å². The molecule has 3 heteroatoms. The van der Waals surface area contributed by atoms with Gasteiger partial charge in [-0.05, 0) is 83.3 Å². The van der Waals surface area contributed by atoms with E-state index in [1.54, 1.807) is 13.8 Å². The van der Waals surface area contributed by atoms with Crippen LogP contribution in [0.5, 0.6) is 0 Å². The minimum atomic E-state index is -2.99. The number of aliphatic hydroxyl groups is 2. The Bertz CT molecular complexity index is 638. The van der Waals surface area contributed by atoms with Crippen molar-refractivity contribution in [2.75, 3.05) is 0 Å². The van der Waals surface area contributed by atoms with Crippen molar-refractivity contribution in [2.45, 2.75) is 116 Å². The molecule has 0 saturated heterocycles. The molecule has 2 N–H and O–H groups in total. The average molecular weight is 373 g/mol. The van der Waals surface area contributed by atoms with Crippen LogP contribution in [0.2, 0.25) is 0 Å². The van der Waals surface area contributed by atoms with Crippen molar-refractivity contribution in [2.24, 2.45) is 23.2 Å². The van der Waals surface area contributed by atoms with E-state index in [2.05, 4.69) is 6.92 Å². The van der Waals surface area contributed by atoms with Crippen molar-refractivity contribution >= 4 is 5.78 Å². The van der Waals surface area contributed by atoms with Gasteiger partial charge in [0.25, 0.3) is 0 Å². The summed E-state index contributed by atoms with van der Waals surface area (Å²) in [6.07, 6.45) is 7.28. The number of hydrogen-bond acceptors (Lipinski definition) is 3. The molecule has 0 aromatic heterocycles. The number of hydrogen-bond donors (Lipinski definition) is 2. The molecule has 0 radical (unpaired) electrons. The predicted octanol–water partition coefficient (Wildman–Crippen LogP) is 5.27. The zero-order chi connectivity index (χ0) is 24.6. The maximum Gasteiger partial charge on any atom is 0.136 e. The summed E-state index contributed by atoms with van der Waals surface area (Å²) in [7, 11) is 0. The van der Waals surface area contributed by atoms with E-state index in [4.69, 9.17) is 8.22 Å². The van der Waals surface area contributed by atoms with Gasteiger partial charge in [-0.1, -0.05) is 32.6 Å². The third-order valence-corrected chi connectivity index (χ3v) is 6.98. The zero-order valence-electron chi connectivity index (χ0n) is 22.8. The normalized spacial score (nSPS) is 35.5. The van der Waals surface area contributed by atoms with Crippen LogP contribution < -0.4 is 0 Å². The first kappa shape index (κ1) is 14.6. The Kier molecular flexibility index (Phi) is 4.65. The summed E-state index contributed by atoms with van der Waals surface area (Å²) in [6.45, 7) is -0.205. The van der Waals surface area contributed by atoms with E-state index in [9.17, 15) is 15.0 Å². The van der Waals surface area contributed by atoms with E-state index < -0.39 is 24.9 Å². The number of carbonyl (C=O) groups is 1. The van der Waals surface area contributed by atoms with Crippen molar-refractivity contribution in [3.05, 3.63) is 0 Å². The molecule has 0 bridgehead atoms. The summed E-state index contributed by atoms with van der Waals surface area (Å²) in [6, 6.07) is 0. The number of carbonyl (C=O) groups excluding carboxylic acids is 1. The van der Waals surface area contributed by atoms with Gasteiger partial charge in [-0.25, -0.2) is 0 Å². The molecule has 0 heterocycles. The van der Waals surface area contributed by atoms with Crippen molar-refractivity contribution in [3.63, 3.8) is 0 Å². The van der Waals surface area contributed by atoms with Gasteiger partial charge in [0.2, 0.25) is 0 Å². The van der Waals surface area contributed by atoms with Gasteiger partial charge < -0.3 is 10.2 Å². The van der Waals surface area contributed by atoms with Gasteiger partial charge in [0.05, 0.1) is 11.2 Å². The molecule has 2 fully saturated rings. The second-order valence-electron chi connectivity index (χ2n) is 9.78. The van der Waals surface area contributed by atoms with E-state index in [1.807, 2.05) is 0 Å². The molecule has 0 aliphatic heterocycles. The first-order valence-corrected chi connectivity index (χ1v) is 10.4. The van der Waals surface area contributed by atoms with Gasteiger partial charge in [0.15, 0.2) is 0 Å². The molecule has 0 aromatic rings. The number of Topliss-reactive ketones (excluding diaryl/α,β-unsaturated/α-hetero) is 1. The summed E-state index contributed by atoms with van der Waals surface area (Å²) in [4.78, 5) is 12.6. The maximum absolute atomic E-state index is 12.6. The Balaban J connectivity index is 2.16. The maximum atomic E-state index is 12.6. The minimum absolute atomic E-state index is 0.0703. The van der Waals surface area contributed by atoms with Crippen LogP contribution in [0.4, 0.5) is 0 Å². The van der Waals surface area contributed by atoms with Crippen LogP contribution in [0.25, 0.3) is 0 Å². The lowest BCUT2D eigenvalue weighted by Crippen LogP contribution is -2.40. The van der Waals surface area contributed by atoms with E-state index in [0.29, 0.717) is 37.4 Å². The molecule has 2 aliphatic rings. The van der Waals surface area contributed by atoms with Gasteiger partial charge in [-0.3, -0.25) is 4.79 Å². The molecule has 0 amide bonds. The molecule has 0 aromatic carbocycles. The van der Waals surface area contributed by atoms with Crippen molar-refractivity contribution in [3.8, 4) is 0 Å². The van der Waals surface area contributed by atoms with Gasteiger partial charge in [-0.15, -0.1) is 0 Å². The molecular formula is C23H42O3. The number of fused-ring (bicyclic) bond motifs is 1. The lowest BCUT2D eigenvalue weighted by atomic mass is 9.61. The van der Waals surface area contributed by atoms with Crippen LogP contribution in [-0.4, -0.2) is 27.2 Å². The number of rotatable bonds is 9. The monoisotopic (exact) mass is 372 g/mol. The van der Waals surface area contributed by atoms with Gasteiger partial charge in [0.1, 0.15) is 5.78 Å². The summed E-state index contributed by atoms with van der Waals surface area (Å²) in [5.74, 6) is 0.957. The Morgan fingerprint density at radius 1 is 1.15 bits per heavy atom. The van der Waals surface area contributed by atoms with Crippen molar-refractivity contribution in [1.29, 1.82) is 0 Å². The first-order valence-electron chi connectivity index (χ1n) is 13.4. The smallest absolute Gasteiger partial charge is 0.136 e. The Hall–Kier alpha value is -0.410. The molecule has 2 aliphatic carbocycles. The van der Waals surface area contributed by atoms with E-state index in [0.717, 1.165) is 38.5 Å². The minimum Gasteiger partial charge on any atom is -0.390 e. The van der Waals surface area contributed by atoms with Crippen LogP contribution in [0, 0.1) is 23.2 Å². The Morgan fingerprint density at radius 2 is 1.77 bits per heavy atom. The molecular weight excluding hydrogens is 324 g/mol. The van der Waals surface area contributed by atoms with Crippen molar-refractivity contribution in [1.82, 2.24) is 0 Å². The highest BCUT2D eigenvalue weighted by molar-refractivity contribution is 5.83. The summed E-state index contributed by atoms with van der Waals surface area (Å²) in [5.41, 5.74) is -3.56. The summed E-state index contributed by atoms with van der Waals surface area (Å²) >= 11 is 0. The standard InChI is InChI=1S/C23H42O3/c1-21(2,25)14-6-9-17(10-7-15-22(3,4)26)18-12-13-19-20(24)11-8-16-23(18,19)5/h17-19,25-26H,6-16H2,1-5H3/t18-,19+,23-/m1/s1/i1D3,2D3/t17-,18-,19+,23-. The Labute approximate surface area is 169 Å². The highest BCUT2D eigenvalue weighted by atomic mass is 16.3. The van der Waals surface area contributed by atoms with Crippen LogP contribution in [0.3, 0.4) is 0 Å². The van der Waals surface area contributed by atoms with Crippen molar-refractivity contribution < 1.29 is 23.2 Å². The molecule has 4 atom stereocenters. The molecule has 152 valence electrons.